The van der Waals surface area contributed by atoms with E-state index in [9.17, 15) is 19.0 Å². The maximum atomic E-state index is 12.7. The average Bonchev–Trinajstić information content (AvgIpc) is 3.31. The van der Waals surface area contributed by atoms with Crippen molar-refractivity contribution < 1.29 is 37.6 Å². The van der Waals surface area contributed by atoms with Crippen molar-refractivity contribution in [1.29, 1.82) is 0 Å². The normalized spacial score (nSPS) is 13.6. The van der Waals surface area contributed by atoms with E-state index >= 15 is 0 Å². The zero-order valence-electron chi connectivity index (χ0n) is 42.7. The molecular formula is C56H102NO8P. The van der Waals surface area contributed by atoms with Gasteiger partial charge in [0, 0.05) is 19.4 Å². The fourth-order valence-electron chi connectivity index (χ4n) is 7.66. The van der Waals surface area contributed by atoms with Crippen molar-refractivity contribution in [2.45, 2.75) is 258 Å². The predicted molar refractivity (Wildman–Crippen MR) is 279 cm³/mol. The second-order valence-corrected chi connectivity index (χ2v) is 19.5. The molecule has 0 fully saturated rings. The van der Waals surface area contributed by atoms with E-state index < -0.39 is 26.5 Å². The summed E-state index contributed by atoms with van der Waals surface area (Å²) in [6.45, 7) is 3.66. The molecule has 0 bridgehead atoms. The lowest BCUT2D eigenvalue weighted by Gasteiger charge is -2.19. The Kier molecular flexibility index (Phi) is 50.3. The predicted octanol–water partition coefficient (Wildman–Crippen LogP) is 16.8. The second-order valence-electron chi connectivity index (χ2n) is 18.1. The van der Waals surface area contributed by atoms with Crippen LogP contribution in [0.5, 0.6) is 0 Å². The maximum Gasteiger partial charge on any atom is 0.472 e. The number of phosphoric ester groups is 1. The Morgan fingerprint density at radius 1 is 0.470 bits per heavy atom. The number of nitrogens with two attached hydrogens (primary N) is 1. The van der Waals surface area contributed by atoms with Crippen LogP contribution in [-0.2, 0) is 32.7 Å². The fourth-order valence-corrected chi connectivity index (χ4v) is 8.43. The minimum atomic E-state index is -4.39. The van der Waals surface area contributed by atoms with E-state index in [1.165, 1.54) is 141 Å². The molecule has 0 saturated heterocycles. The summed E-state index contributed by atoms with van der Waals surface area (Å²) in [4.78, 5) is 35.1. The Morgan fingerprint density at radius 2 is 0.833 bits per heavy atom. The van der Waals surface area contributed by atoms with Crippen LogP contribution < -0.4 is 5.73 Å². The monoisotopic (exact) mass is 948 g/mol. The van der Waals surface area contributed by atoms with Crippen LogP contribution in [0.1, 0.15) is 251 Å². The number of phosphoric acid groups is 1. The van der Waals surface area contributed by atoms with Gasteiger partial charge in [0.2, 0.25) is 0 Å². The summed E-state index contributed by atoms with van der Waals surface area (Å²) >= 11 is 0. The summed E-state index contributed by atoms with van der Waals surface area (Å²) in [5, 5.41) is 0. The molecular weight excluding hydrogens is 846 g/mol. The Labute approximate surface area is 406 Å². The van der Waals surface area contributed by atoms with Crippen molar-refractivity contribution in [2.24, 2.45) is 5.73 Å². The van der Waals surface area contributed by atoms with E-state index in [2.05, 4.69) is 74.6 Å². The number of hydrogen-bond donors (Lipinski definition) is 2. The van der Waals surface area contributed by atoms with Gasteiger partial charge in [-0.15, -0.1) is 0 Å². The van der Waals surface area contributed by atoms with Crippen LogP contribution in [-0.4, -0.2) is 49.3 Å². The summed E-state index contributed by atoms with van der Waals surface area (Å²) < 4.78 is 33.0. The average molecular weight is 948 g/mol. The Morgan fingerprint density at radius 3 is 1.24 bits per heavy atom. The highest BCUT2D eigenvalue weighted by molar-refractivity contribution is 7.47. The van der Waals surface area contributed by atoms with Crippen LogP contribution in [0, 0.1) is 0 Å². The highest BCUT2D eigenvalue weighted by Gasteiger charge is 2.26. The molecule has 0 saturated carbocycles. The van der Waals surface area contributed by atoms with Crippen LogP contribution in [0.3, 0.4) is 0 Å². The molecule has 0 aromatic heterocycles. The topological polar surface area (TPSA) is 134 Å². The minimum absolute atomic E-state index is 0.0524. The highest BCUT2D eigenvalue weighted by Crippen LogP contribution is 2.43. The highest BCUT2D eigenvalue weighted by atomic mass is 31.2. The van der Waals surface area contributed by atoms with Crippen LogP contribution >= 0.6 is 7.82 Å². The maximum absolute atomic E-state index is 12.7. The first kappa shape index (κ1) is 63.7. The van der Waals surface area contributed by atoms with Gasteiger partial charge in [0.05, 0.1) is 13.2 Å². The number of rotatable bonds is 51. The largest absolute Gasteiger partial charge is 0.472 e. The summed E-state index contributed by atoms with van der Waals surface area (Å²) in [7, 11) is -4.39. The zero-order valence-corrected chi connectivity index (χ0v) is 43.6. The first-order chi connectivity index (χ1) is 32.3. The van der Waals surface area contributed by atoms with Crippen LogP contribution in [0.15, 0.2) is 60.8 Å². The smallest absolute Gasteiger partial charge is 0.462 e. The fraction of sp³-hybridized carbons (Fsp3) is 0.786. The molecule has 0 aromatic carbocycles. The number of unbranched alkanes of at least 4 members (excludes halogenated alkanes) is 28. The van der Waals surface area contributed by atoms with E-state index in [0.717, 1.165) is 77.0 Å². The third-order valence-electron chi connectivity index (χ3n) is 11.7. The van der Waals surface area contributed by atoms with Crippen molar-refractivity contribution in [1.82, 2.24) is 0 Å². The van der Waals surface area contributed by atoms with Gasteiger partial charge in [-0.2, -0.15) is 0 Å². The van der Waals surface area contributed by atoms with Crippen LogP contribution in [0.2, 0.25) is 0 Å². The number of carbonyl (C=O) groups is 2. The number of carbonyl (C=O) groups excluding carboxylic acids is 2. The quantitative estimate of drug-likeness (QED) is 0.0264. The van der Waals surface area contributed by atoms with Gasteiger partial charge in [-0.05, 0) is 57.8 Å². The number of hydrogen-bond acceptors (Lipinski definition) is 8. The molecule has 10 heteroatoms. The molecule has 0 aromatic rings. The summed E-state index contributed by atoms with van der Waals surface area (Å²) in [6.07, 6.45) is 64.0. The molecule has 0 aliphatic carbocycles. The number of esters is 2. The van der Waals surface area contributed by atoms with Gasteiger partial charge in [0.1, 0.15) is 6.61 Å². The van der Waals surface area contributed by atoms with Gasteiger partial charge < -0.3 is 20.1 Å². The van der Waals surface area contributed by atoms with Gasteiger partial charge in [-0.25, -0.2) is 4.57 Å². The molecule has 0 rings (SSSR count). The minimum Gasteiger partial charge on any atom is -0.462 e. The first-order valence-electron chi connectivity index (χ1n) is 27.3. The summed E-state index contributed by atoms with van der Waals surface area (Å²) in [5.41, 5.74) is 5.37. The molecule has 2 unspecified atom stereocenters. The second kappa shape index (κ2) is 52.1. The van der Waals surface area contributed by atoms with E-state index in [1.54, 1.807) is 0 Å². The van der Waals surface area contributed by atoms with E-state index in [1.807, 2.05) is 0 Å². The third-order valence-corrected chi connectivity index (χ3v) is 12.7. The van der Waals surface area contributed by atoms with E-state index in [0.29, 0.717) is 6.42 Å². The molecule has 66 heavy (non-hydrogen) atoms. The first-order valence-corrected chi connectivity index (χ1v) is 28.8. The molecule has 0 spiro atoms. The molecule has 0 radical (unpaired) electrons. The Hall–Kier alpha value is -2.29. The third kappa shape index (κ3) is 51.1. The summed E-state index contributed by atoms with van der Waals surface area (Å²) in [6, 6.07) is 0. The molecule has 2 atom stereocenters. The lowest BCUT2D eigenvalue weighted by molar-refractivity contribution is -0.161. The lowest BCUT2D eigenvalue weighted by atomic mass is 10.0. The standard InChI is InChI=1S/C56H102NO8P/c1-3-5-7-9-11-13-15-17-19-21-23-24-25-26-27-28-29-30-31-33-35-37-39-41-43-45-47-49-56(59)65-54(53-64-66(60,61)63-51-50-57)52-62-55(58)48-46-44-42-40-38-36-34-32-22-20-18-16-14-12-10-8-6-4-2/h5,7,11,13,17,19,23-24,26-27,54H,3-4,6,8-10,12,14-16,18,20-22,25,28-53,57H2,1-2H3,(H,60,61)/b7-5-,13-11-,19-17-,24-23-,27-26-. The van der Waals surface area contributed by atoms with Crippen molar-refractivity contribution in [3.63, 3.8) is 0 Å². The van der Waals surface area contributed by atoms with Crippen molar-refractivity contribution in [2.75, 3.05) is 26.4 Å². The van der Waals surface area contributed by atoms with Crippen LogP contribution in [0.25, 0.3) is 0 Å². The van der Waals surface area contributed by atoms with Gasteiger partial charge in [-0.1, -0.05) is 242 Å². The van der Waals surface area contributed by atoms with Gasteiger partial charge in [-0.3, -0.25) is 18.6 Å². The zero-order chi connectivity index (χ0) is 48.1. The molecule has 0 aliphatic heterocycles. The van der Waals surface area contributed by atoms with E-state index in [-0.39, 0.29) is 38.6 Å². The van der Waals surface area contributed by atoms with Gasteiger partial charge in [0.25, 0.3) is 0 Å². The van der Waals surface area contributed by atoms with Crippen LogP contribution in [0.4, 0.5) is 0 Å². The van der Waals surface area contributed by atoms with Crippen molar-refractivity contribution >= 4 is 19.8 Å². The van der Waals surface area contributed by atoms with Gasteiger partial charge >= 0.3 is 19.8 Å². The molecule has 9 nitrogen and oxygen atoms in total. The lowest BCUT2D eigenvalue weighted by Crippen LogP contribution is -2.29. The molecule has 0 aliphatic rings. The van der Waals surface area contributed by atoms with E-state index in [4.69, 9.17) is 24.3 Å². The molecule has 0 heterocycles. The number of ether oxygens (including phenoxy) is 2. The SMILES string of the molecule is CC/C=C\C/C=C\C/C=C\C/C=C\C/C=C\CCCCCCCCCCCCCC(=O)OC(COC(=O)CCCCCCCCCCCCCCCCCCCC)COP(=O)(O)OCCN. The van der Waals surface area contributed by atoms with Crippen molar-refractivity contribution in [3.05, 3.63) is 60.8 Å². The molecule has 3 N–H and O–H groups in total. The van der Waals surface area contributed by atoms with Crippen molar-refractivity contribution in [3.8, 4) is 0 Å². The molecule has 384 valence electrons. The Balaban J connectivity index is 4.00. The number of allylic oxidation sites excluding steroid dienone is 10. The summed E-state index contributed by atoms with van der Waals surface area (Å²) in [5.74, 6) is -0.823. The Bertz CT molecular complexity index is 1260. The molecule has 0 amide bonds. The van der Waals surface area contributed by atoms with Gasteiger partial charge in [0.15, 0.2) is 6.10 Å².